The van der Waals surface area contributed by atoms with Gasteiger partial charge in [0.2, 0.25) is 0 Å². The molecule has 0 aromatic heterocycles. The third-order valence-electron chi connectivity index (χ3n) is 4.02. The summed E-state index contributed by atoms with van der Waals surface area (Å²) in [5.41, 5.74) is 5.16. The number of amides is 1. The van der Waals surface area contributed by atoms with Crippen LogP contribution in [0.3, 0.4) is 0 Å². The number of hydrogen-bond donors (Lipinski definition) is 2. The Hall–Kier alpha value is -3.26. The first-order valence-corrected chi connectivity index (χ1v) is 8.30. The number of aryl methyl sites for hydroxylation is 3. The zero-order valence-electron chi connectivity index (χ0n) is 15.5. The monoisotopic (exact) mass is 349 g/mol. The van der Waals surface area contributed by atoms with Gasteiger partial charge in [0.05, 0.1) is 7.11 Å². The average molecular weight is 349 g/mol. The van der Waals surface area contributed by atoms with E-state index in [9.17, 15) is 10.1 Å². The predicted octanol–water partition coefficient (Wildman–Crippen LogP) is 3.76. The summed E-state index contributed by atoms with van der Waals surface area (Å²) in [4.78, 5) is 12.2. The van der Waals surface area contributed by atoms with Gasteiger partial charge in [0.25, 0.3) is 5.91 Å². The zero-order chi connectivity index (χ0) is 19.1. The van der Waals surface area contributed by atoms with E-state index in [2.05, 4.69) is 22.8 Å². The van der Waals surface area contributed by atoms with Gasteiger partial charge < -0.3 is 15.4 Å². The Labute approximate surface area is 154 Å². The van der Waals surface area contributed by atoms with Crippen LogP contribution in [-0.2, 0) is 11.3 Å². The molecule has 0 aliphatic heterocycles. The minimum Gasteiger partial charge on any atom is -0.497 e. The fourth-order valence-corrected chi connectivity index (χ4v) is 2.72. The number of ether oxygens (including phenoxy) is 1. The Morgan fingerprint density at radius 3 is 2.31 bits per heavy atom. The lowest BCUT2D eigenvalue weighted by molar-refractivity contribution is -0.117. The van der Waals surface area contributed by atoms with Gasteiger partial charge in [-0.15, -0.1) is 0 Å². The molecule has 26 heavy (non-hydrogen) atoms. The van der Waals surface area contributed by atoms with Gasteiger partial charge in [0.1, 0.15) is 17.4 Å². The minimum absolute atomic E-state index is 0.0258. The summed E-state index contributed by atoms with van der Waals surface area (Å²) in [6.45, 7) is 6.36. The van der Waals surface area contributed by atoms with Gasteiger partial charge in [-0.3, -0.25) is 4.79 Å². The molecule has 2 aromatic carbocycles. The number of benzene rings is 2. The molecule has 0 atom stereocenters. The van der Waals surface area contributed by atoms with Gasteiger partial charge >= 0.3 is 0 Å². The predicted molar refractivity (Wildman–Crippen MR) is 103 cm³/mol. The van der Waals surface area contributed by atoms with Crippen molar-refractivity contribution in [1.29, 1.82) is 5.26 Å². The third-order valence-corrected chi connectivity index (χ3v) is 4.02. The molecule has 0 aliphatic carbocycles. The lowest BCUT2D eigenvalue weighted by Gasteiger charge is -2.11. The number of hydrogen-bond acceptors (Lipinski definition) is 4. The van der Waals surface area contributed by atoms with Gasteiger partial charge in [0, 0.05) is 18.4 Å². The number of nitrogens with zero attached hydrogens (tertiary/aromatic N) is 1. The Morgan fingerprint density at radius 1 is 1.15 bits per heavy atom. The van der Waals surface area contributed by atoms with E-state index in [1.54, 1.807) is 7.11 Å². The standard InChI is InChI=1S/C21H23N3O2/c1-14-9-15(2)20(16(3)10-14)23-13-18(11-22)21(25)24-12-17-5-7-19(26-4)8-6-17/h5-10,13,23H,12H2,1-4H3,(H,24,25)/b18-13-. The maximum Gasteiger partial charge on any atom is 0.263 e. The summed E-state index contributed by atoms with van der Waals surface area (Å²) in [7, 11) is 1.60. The fraction of sp³-hybridized carbons (Fsp3) is 0.238. The summed E-state index contributed by atoms with van der Waals surface area (Å²) in [5.74, 6) is 0.337. The molecule has 0 radical (unpaired) electrons. The number of rotatable bonds is 6. The van der Waals surface area contributed by atoms with Crippen molar-refractivity contribution < 1.29 is 9.53 Å². The first-order chi connectivity index (χ1) is 12.4. The Kier molecular flexibility index (Phi) is 6.40. The first kappa shape index (κ1) is 19.1. The quantitative estimate of drug-likeness (QED) is 0.615. The number of carbonyl (C=O) groups is 1. The van der Waals surface area contributed by atoms with Gasteiger partial charge in [-0.2, -0.15) is 5.26 Å². The smallest absolute Gasteiger partial charge is 0.263 e. The summed E-state index contributed by atoms with van der Waals surface area (Å²) in [5, 5.41) is 15.1. The van der Waals surface area contributed by atoms with Crippen LogP contribution in [0.4, 0.5) is 5.69 Å². The highest BCUT2D eigenvalue weighted by molar-refractivity contribution is 5.97. The van der Waals surface area contributed by atoms with Crippen molar-refractivity contribution >= 4 is 11.6 Å². The molecule has 0 aliphatic rings. The first-order valence-electron chi connectivity index (χ1n) is 8.30. The second-order valence-electron chi connectivity index (χ2n) is 6.12. The molecule has 0 unspecified atom stereocenters. The van der Waals surface area contributed by atoms with Gasteiger partial charge in [0.15, 0.2) is 0 Å². The van der Waals surface area contributed by atoms with Crippen LogP contribution in [0.5, 0.6) is 5.75 Å². The van der Waals surface area contributed by atoms with Crippen LogP contribution in [0, 0.1) is 32.1 Å². The van der Waals surface area contributed by atoms with Gasteiger partial charge in [-0.1, -0.05) is 29.8 Å². The fourth-order valence-electron chi connectivity index (χ4n) is 2.72. The molecular formula is C21H23N3O2. The zero-order valence-corrected chi connectivity index (χ0v) is 15.5. The summed E-state index contributed by atoms with van der Waals surface area (Å²) in [6.07, 6.45) is 1.45. The van der Waals surface area contributed by atoms with Crippen LogP contribution in [0.2, 0.25) is 0 Å². The van der Waals surface area contributed by atoms with Crippen LogP contribution in [0.15, 0.2) is 48.2 Å². The second-order valence-corrected chi connectivity index (χ2v) is 6.12. The van der Waals surface area contributed by atoms with Gasteiger partial charge in [-0.05, 0) is 49.6 Å². The highest BCUT2D eigenvalue weighted by Gasteiger charge is 2.10. The Bertz CT molecular complexity index is 839. The summed E-state index contributed by atoms with van der Waals surface area (Å²) < 4.78 is 5.10. The molecule has 0 heterocycles. The number of anilines is 1. The second kappa shape index (κ2) is 8.72. The lowest BCUT2D eigenvalue weighted by Crippen LogP contribution is -2.24. The van der Waals surface area contributed by atoms with E-state index in [1.807, 2.05) is 51.1 Å². The molecule has 2 aromatic rings. The van der Waals surface area contributed by atoms with Crippen LogP contribution in [0.25, 0.3) is 0 Å². The summed E-state index contributed by atoms with van der Waals surface area (Å²) in [6, 6.07) is 13.4. The van der Waals surface area contributed by atoms with E-state index >= 15 is 0 Å². The molecule has 5 heteroatoms. The molecule has 0 saturated carbocycles. The van der Waals surface area contributed by atoms with E-state index in [0.717, 1.165) is 28.1 Å². The molecule has 1 amide bonds. The van der Waals surface area contributed by atoms with Crippen molar-refractivity contribution in [3.63, 3.8) is 0 Å². The van der Waals surface area contributed by atoms with E-state index in [0.29, 0.717) is 6.54 Å². The van der Waals surface area contributed by atoms with E-state index in [-0.39, 0.29) is 5.57 Å². The van der Waals surface area contributed by atoms with Crippen molar-refractivity contribution in [2.24, 2.45) is 0 Å². The maximum atomic E-state index is 12.2. The van der Waals surface area contributed by atoms with Crippen LogP contribution in [0.1, 0.15) is 22.3 Å². The van der Waals surface area contributed by atoms with Crippen molar-refractivity contribution in [3.8, 4) is 11.8 Å². The lowest BCUT2D eigenvalue weighted by atomic mass is 10.1. The number of nitrogens with one attached hydrogen (secondary N) is 2. The average Bonchev–Trinajstić information content (AvgIpc) is 2.62. The normalized spacial score (nSPS) is 10.8. The maximum absolute atomic E-state index is 12.2. The third kappa shape index (κ3) is 4.87. The van der Waals surface area contributed by atoms with Gasteiger partial charge in [-0.25, -0.2) is 0 Å². The molecule has 134 valence electrons. The Balaban J connectivity index is 2.04. The molecule has 5 nitrogen and oxygen atoms in total. The summed E-state index contributed by atoms with van der Waals surface area (Å²) >= 11 is 0. The number of methoxy groups -OCH3 is 1. The molecule has 0 saturated heterocycles. The SMILES string of the molecule is COc1ccc(CNC(=O)/C(C#N)=C\Nc2c(C)cc(C)cc2C)cc1. The Morgan fingerprint density at radius 2 is 1.77 bits per heavy atom. The van der Waals surface area contributed by atoms with Crippen LogP contribution < -0.4 is 15.4 Å². The number of nitriles is 1. The molecule has 0 spiro atoms. The molecule has 0 fully saturated rings. The van der Waals surface area contributed by atoms with E-state index in [1.165, 1.54) is 11.8 Å². The largest absolute Gasteiger partial charge is 0.497 e. The topological polar surface area (TPSA) is 74.1 Å². The van der Waals surface area contributed by atoms with Crippen LogP contribution in [-0.4, -0.2) is 13.0 Å². The van der Waals surface area contributed by atoms with Crippen LogP contribution >= 0.6 is 0 Å². The molecule has 2 rings (SSSR count). The molecule has 0 bridgehead atoms. The highest BCUT2D eigenvalue weighted by atomic mass is 16.5. The molecular weight excluding hydrogens is 326 g/mol. The van der Waals surface area contributed by atoms with E-state index in [4.69, 9.17) is 4.74 Å². The van der Waals surface area contributed by atoms with E-state index < -0.39 is 5.91 Å². The highest BCUT2D eigenvalue weighted by Crippen LogP contribution is 2.22. The van der Waals surface area contributed by atoms with Crippen molar-refractivity contribution in [1.82, 2.24) is 5.32 Å². The van der Waals surface area contributed by atoms with Crippen molar-refractivity contribution in [2.45, 2.75) is 27.3 Å². The van der Waals surface area contributed by atoms with Crippen molar-refractivity contribution in [2.75, 3.05) is 12.4 Å². The minimum atomic E-state index is -0.418. The van der Waals surface area contributed by atoms with Crippen molar-refractivity contribution in [3.05, 3.63) is 70.4 Å². The number of carbonyl (C=O) groups excluding carboxylic acids is 1. The molecule has 2 N–H and O–H groups in total.